The molecule has 162 valence electrons. The van der Waals surface area contributed by atoms with Gasteiger partial charge in [0.15, 0.2) is 4.87 Å². The Bertz CT molecular complexity index is 1190. The van der Waals surface area contributed by atoms with Crippen molar-refractivity contribution in [3.8, 4) is 0 Å². The maximum absolute atomic E-state index is 14.4. The molecule has 3 amide bonds. The predicted octanol–water partition coefficient (Wildman–Crippen LogP) is 4.95. The lowest BCUT2D eigenvalue weighted by molar-refractivity contribution is -0.123. The van der Waals surface area contributed by atoms with Gasteiger partial charge in [-0.25, -0.2) is 13.6 Å². The number of fused-ring (bicyclic) bond motifs is 2. The third-order valence-electron chi connectivity index (χ3n) is 5.75. The number of urea groups is 1. The van der Waals surface area contributed by atoms with E-state index in [1.165, 1.54) is 39.8 Å². The minimum Gasteiger partial charge on any atom is -0.308 e. The first-order valence-electron chi connectivity index (χ1n) is 10.1. The van der Waals surface area contributed by atoms with Crippen LogP contribution < -0.4 is 10.2 Å². The van der Waals surface area contributed by atoms with Crippen molar-refractivity contribution in [1.29, 1.82) is 0 Å². The maximum Gasteiger partial charge on any atom is 0.323 e. The molecule has 2 heterocycles. The third kappa shape index (κ3) is 3.14. The fourth-order valence-electron chi connectivity index (χ4n) is 4.28. The Hall–Kier alpha value is -3.39. The molecule has 0 aliphatic carbocycles. The largest absolute Gasteiger partial charge is 0.323 e. The van der Waals surface area contributed by atoms with Crippen molar-refractivity contribution in [2.24, 2.45) is 0 Å². The highest BCUT2D eigenvalue weighted by Gasteiger charge is 2.59. The van der Waals surface area contributed by atoms with Crippen molar-refractivity contribution >= 4 is 35.1 Å². The summed E-state index contributed by atoms with van der Waals surface area (Å²) in [5.41, 5.74) is 1.63. The molecule has 1 fully saturated rings. The number of carbonyl (C=O) groups is 2. The zero-order chi connectivity index (χ0) is 22.3. The van der Waals surface area contributed by atoms with Crippen molar-refractivity contribution in [1.82, 2.24) is 4.90 Å². The number of thioether (sulfide) groups is 1. The smallest absolute Gasteiger partial charge is 0.308 e. The fourth-order valence-corrected chi connectivity index (χ4v) is 5.74. The standard InChI is InChI=1S/C24H19F2N3O2S/c25-19-10-6-11-20(26)17(19)15-28-21-12-5-4-9-18(21)24(22(28)30)29(13-14-32-24)23(31)27-16-7-2-1-3-8-16/h1-12H,13-15H2,(H,27,31)/t24-/m1/s1. The molecule has 2 aliphatic rings. The van der Waals surface area contributed by atoms with Gasteiger partial charge in [-0.3, -0.25) is 9.69 Å². The molecule has 1 spiro atoms. The van der Waals surface area contributed by atoms with Crippen LogP contribution in [0.5, 0.6) is 0 Å². The van der Waals surface area contributed by atoms with Gasteiger partial charge in [-0.1, -0.05) is 42.5 Å². The SMILES string of the molecule is O=C(Nc1ccccc1)N1CCS[C@]12C(=O)N(Cc1c(F)cccc1F)c1ccccc12. The van der Waals surface area contributed by atoms with E-state index in [1.807, 2.05) is 18.2 Å². The van der Waals surface area contributed by atoms with E-state index in [1.54, 1.807) is 36.4 Å². The number of nitrogens with one attached hydrogen (secondary N) is 1. The van der Waals surface area contributed by atoms with E-state index in [0.717, 1.165) is 0 Å². The van der Waals surface area contributed by atoms with Crippen LogP contribution in [-0.4, -0.2) is 29.1 Å². The van der Waals surface area contributed by atoms with E-state index in [2.05, 4.69) is 5.32 Å². The Labute approximate surface area is 188 Å². The van der Waals surface area contributed by atoms with E-state index in [9.17, 15) is 18.4 Å². The third-order valence-corrected chi connectivity index (χ3v) is 7.17. The van der Waals surface area contributed by atoms with Crippen LogP contribution in [0.15, 0.2) is 72.8 Å². The Balaban J connectivity index is 1.54. The average molecular weight is 451 g/mol. The number of para-hydroxylation sites is 2. The molecule has 1 N–H and O–H groups in total. The topological polar surface area (TPSA) is 52.7 Å². The molecular weight excluding hydrogens is 432 g/mol. The van der Waals surface area contributed by atoms with E-state index < -0.39 is 22.5 Å². The molecule has 0 unspecified atom stereocenters. The predicted molar refractivity (Wildman–Crippen MR) is 120 cm³/mol. The Morgan fingerprint density at radius 2 is 1.66 bits per heavy atom. The summed E-state index contributed by atoms with van der Waals surface area (Å²) in [6, 6.07) is 19.3. The van der Waals surface area contributed by atoms with Gasteiger partial charge in [0.2, 0.25) is 0 Å². The number of amides is 3. The molecule has 5 rings (SSSR count). The highest BCUT2D eigenvalue weighted by Crippen LogP contribution is 2.54. The van der Waals surface area contributed by atoms with Crippen molar-refractivity contribution in [3.63, 3.8) is 0 Å². The molecule has 3 aromatic carbocycles. The molecule has 5 nitrogen and oxygen atoms in total. The number of anilines is 2. The van der Waals surface area contributed by atoms with Gasteiger partial charge in [-0.05, 0) is 30.3 Å². The first kappa shape index (κ1) is 20.5. The lowest BCUT2D eigenvalue weighted by Crippen LogP contribution is -2.51. The first-order chi connectivity index (χ1) is 15.5. The molecular formula is C24H19F2N3O2S. The van der Waals surface area contributed by atoms with Crippen LogP contribution in [0.2, 0.25) is 0 Å². The second-order valence-corrected chi connectivity index (χ2v) is 8.84. The van der Waals surface area contributed by atoms with Gasteiger partial charge in [-0.2, -0.15) is 0 Å². The molecule has 3 aromatic rings. The van der Waals surface area contributed by atoms with Gasteiger partial charge in [0, 0.05) is 29.1 Å². The summed E-state index contributed by atoms with van der Waals surface area (Å²) in [7, 11) is 0. The molecule has 0 bridgehead atoms. The summed E-state index contributed by atoms with van der Waals surface area (Å²) >= 11 is 1.36. The van der Waals surface area contributed by atoms with Gasteiger partial charge in [0.25, 0.3) is 5.91 Å². The van der Waals surface area contributed by atoms with E-state index in [-0.39, 0.29) is 18.0 Å². The highest BCUT2D eigenvalue weighted by atomic mass is 32.2. The van der Waals surface area contributed by atoms with Crippen molar-refractivity contribution < 1.29 is 18.4 Å². The lowest BCUT2D eigenvalue weighted by Gasteiger charge is -2.33. The Kier molecular flexibility index (Phi) is 5.09. The molecule has 0 aromatic heterocycles. The zero-order valence-electron chi connectivity index (χ0n) is 16.9. The normalized spacial score (nSPS) is 19.5. The van der Waals surface area contributed by atoms with Gasteiger partial charge >= 0.3 is 6.03 Å². The van der Waals surface area contributed by atoms with Crippen LogP contribution in [0.25, 0.3) is 0 Å². The monoisotopic (exact) mass is 451 g/mol. The van der Waals surface area contributed by atoms with Crippen molar-refractivity contribution in [2.75, 3.05) is 22.5 Å². The summed E-state index contributed by atoms with van der Waals surface area (Å²) in [6.07, 6.45) is 0. The number of halogens is 2. The molecule has 1 atom stereocenters. The Morgan fingerprint density at radius 1 is 0.969 bits per heavy atom. The molecule has 2 aliphatic heterocycles. The summed E-state index contributed by atoms with van der Waals surface area (Å²) in [4.78, 5) is 28.6. The zero-order valence-corrected chi connectivity index (χ0v) is 17.7. The van der Waals surface area contributed by atoms with Crippen LogP contribution in [0.4, 0.5) is 25.0 Å². The van der Waals surface area contributed by atoms with Crippen LogP contribution in [-0.2, 0) is 16.2 Å². The van der Waals surface area contributed by atoms with Crippen molar-refractivity contribution in [2.45, 2.75) is 11.4 Å². The van der Waals surface area contributed by atoms with Crippen LogP contribution in [0.1, 0.15) is 11.1 Å². The van der Waals surface area contributed by atoms with Gasteiger partial charge in [-0.15, -0.1) is 11.8 Å². The Morgan fingerprint density at radius 3 is 2.41 bits per heavy atom. The first-order valence-corrected chi connectivity index (χ1v) is 11.1. The molecule has 0 saturated carbocycles. The second-order valence-electron chi connectivity index (χ2n) is 7.55. The summed E-state index contributed by atoms with van der Waals surface area (Å²) < 4.78 is 28.7. The lowest BCUT2D eigenvalue weighted by atomic mass is 10.1. The second kappa shape index (κ2) is 7.94. The van der Waals surface area contributed by atoms with Gasteiger partial charge < -0.3 is 10.2 Å². The van der Waals surface area contributed by atoms with Crippen LogP contribution in [0, 0.1) is 11.6 Å². The number of rotatable bonds is 3. The van der Waals surface area contributed by atoms with Gasteiger partial charge in [0.05, 0.1) is 12.2 Å². The molecule has 8 heteroatoms. The number of hydrogen-bond donors (Lipinski definition) is 1. The van der Waals surface area contributed by atoms with Crippen LogP contribution in [0.3, 0.4) is 0 Å². The van der Waals surface area contributed by atoms with Gasteiger partial charge in [0.1, 0.15) is 11.6 Å². The molecule has 0 radical (unpaired) electrons. The average Bonchev–Trinajstić information content (AvgIpc) is 3.34. The van der Waals surface area contributed by atoms with Crippen molar-refractivity contribution in [3.05, 3.63) is 95.6 Å². The molecule has 1 saturated heterocycles. The summed E-state index contributed by atoms with van der Waals surface area (Å²) in [5, 5.41) is 2.85. The van der Waals surface area contributed by atoms with E-state index >= 15 is 0 Å². The number of hydrogen-bond acceptors (Lipinski definition) is 3. The number of benzene rings is 3. The van der Waals surface area contributed by atoms with E-state index in [4.69, 9.17) is 0 Å². The fraction of sp³-hybridized carbons (Fsp3) is 0.167. The maximum atomic E-state index is 14.4. The van der Waals surface area contributed by atoms with E-state index in [0.29, 0.717) is 29.2 Å². The summed E-state index contributed by atoms with van der Waals surface area (Å²) in [6.45, 7) is 0.107. The minimum absolute atomic E-state index is 0.184. The quantitative estimate of drug-likeness (QED) is 0.613. The number of carbonyl (C=O) groups excluding carboxylic acids is 2. The number of nitrogens with zero attached hydrogens (tertiary/aromatic N) is 2. The minimum atomic E-state index is -1.28. The highest BCUT2D eigenvalue weighted by molar-refractivity contribution is 8.01. The molecule has 32 heavy (non-hydrogen) atoms. The summed E-state index contributed by atoms with van der Waals surface area (Å²) in [5.74, 6) is -1.25. The van der Waals surface area contributed by atoms with Crippen LogP contribution >= 0.6 is 11.8 Å².